The van der Waals surface area contributed by atoms with Gasteiger partial charge in [-0.25, -0.2) is 4.68 Å². The minimum atomic E-state index is 0.543. The van der Waals surface area contributed by atoms with Crippen LogP contribution < -0.4 is 10.5 Å². The topological polar surface area (TPSA) is 78.9 Å². The molecule has 0 aliphatic rings. The van der Waals surface area contributed by atoms with Gasteiger partial charge < -0.3 is 10.5 Å². The lowest BCUT2D eigenvalue weighted by Crippen LogP contribution is -2.04. The highest BCUT2D eigenvalue weighted by molar-refractivity contribution is 6.30. The number of nitrogen functional groups attached to an aromatic ring is 1. The van der Waals surface area contributed by atoms with E-state index in [0.29, 0.717) is 28.8 Å². The van der Waals surface area contributed by atoms with Gasteiger partial charge in [-0.3, -0.25) is 0 Å². The first-order valence-corrected chi connectivity index (χ1v) is 6.99. The molecular weight excluding hydrogens is 302 g/mol. The number of hydrogen-bond donors (Lipinski definition) is 1. The lowest BCUT2D eigenvalue weighted by atomic mass is 10.1. The zero-order chi connectivity index (χ0) is 15.5. The summed E-state index contributed by atoms with van der Waals surface area (Å²) in [5.41, 5.74) is 8.37. The molecule has 112 valence electrons. The van der Waals surface area contributed by atoms with Crippen molar-refractivity contribution in [2.45, 2.75) is 6.54 Å². The number of anilines is 1. The maximum absolute atomic E-state index is 5.94. The molecule has 0 aliphatic heterocycles. The summed E-state index contributed by atoms with van der Waals surface area (Å²) in [4.78, 5) is 0. The van der Waals surface area contributed by atoms with Gasteiger partial charge in [-0.05, 0) is 46.3 Å². The van der Waals surface area contributed by atoms with Crippen molar-refractivity contribution in [2.75, 3.05) is 12.8 Å². The minimum Gasteiger partial charge on any atom is -0.495 e. The van der Waals surface area contributed by atoms with E-state index in [9.17, 15) is 0 Å². The van der Waals surface area contributed by atoms with Crippen LogP contribution in [0.5, 0.6) is 5.75 Å². The van der Waals surface area contributed by atoms with Crippen molar-refractivity contribution in [3.05, 3.63) is 53.1 Å². The number of rotatable bonds is 4. The first-order valence-electron chi connectivity index (χ1n) is 6.62. The van der Waals surface area contributed by atoms with E-state index in [-0.39, 0.29) is 0 Å². The summed E-state index contributed by atoms with van der Waals surface area (Å²) in [6.45, 7) is 0.547. The molecule has 0 saturated carbocycles. The molecule has 0 radical (unpaired) electrons. The summed E-state index contributed by atoms with van der Waals surface area (Å²) in [5.74, 6) is 1.27. The summed E-state index contributed by atoms with van der Waals surface area (Å²) in [6.07, 6.45) is 0. The molecule has 6 nitrogen and oxygen atoms in total. The summed E-state index contributed by atoms with van der Waals surface area (Å²) in [5, 5.41) is 12.6. The van der Waals surface area contributed by atoms with Crippen molar-refractivity contribution >= 4 is 17.3 Å². The molecule has 1 aromatic heterocycles. The second-order valence-electron chi connectivity index (χ2n) is 4.74. The molecule has 0 unspecified atom stereocenters. The molecule has 0 amide bonds. The molecule has 2 aromatic carbocycles. The third-order valence-electron chi connectivity index (χ3n) is 3.27. The van der Waals surface area contributed by atoms with Crippen LogP contribution in [0.4, 0.5) is 5.69 Å². The molecule has 2 N–H and O–H groups in total. The van der Waals surface area contributed by atoms with Crippen LogP contribution in [0, 0.1) is 0 Å². The quantitative estimate of drug-likeness (QED) is 0.749. The van der Waals surface area contributed by atoms with Gasteiger partial charge in [0.1, 0.15) is 5.75 Å². The number of hydrogen-bond acceptors (Lipinski definition) is 5. The molecule has 1 heterocycles. The molecular formula is C15H14ClN5O. The smallest absolute Gasteiger partial charge is 0.182 e. The van der Waals surface area contributed by atoms with Crippen LogP contribution in [0.2, 0.25) is 5.02 Å². The van der Waals surface area contributed by atoms with E-state index in [2.05, 4.69) is 15.5 Å². The third kappa shape index (κ3) is 2.87. The van der Waals surface area contributed by atoms with Crippen molar-refractivity contribution in [3.63, 3.8) is 0 Å². The number of methoxy groups -OCH3 is 1. The van der Waals surface area contributed by atoms with Crippen LogP contribution >= 0.6 is 11.6 Å². The fraction of sp³-hybridized carbons (Fsp3) is 0.133. The SMILES string of the molecule is COc1ccc(-c2nnnn2Cc2ccc(Cl)cc2)cc1N. The van der Waals surface area contributed by atoms with E-state index >= 15 is 0 Å². The number of nitrogens with two attached hydrogens (primary N) is 1. The van der Waals surface area contributed by atoms with Gasteiger partial charge in [-0.2, -0.15) is 0 Å². The van der Waals surface area contributed by atoms with E-state index in [0.717, 1.165) is 11.1 Å². The minimum absolute atomic E-state index is 0.543. The summed E-state index contributed by atoms with van der Waals surface area (Å²) in [6, 6.07) is 13.0. The Morgan fingerprint density at radius 2 is 1.95 bits per heavy atom. The average Bonchev–Trinajstić information content (AvgIpc) is 2.97. The van der Waals surface area contributed by atoms with Crippen molar-refractivity contribution in [3.8, 4) is 17.1 Å². The zero-order valence-corrected chi connectivity index (χ0v) is 12.7. The average molecular weight is 316 g/mol. The Morgan fingerprint density at radius 1 is 1.18 bits per heavy atom. The molecule has 3 aromatic rings. The van der Waals surface area contributed by atoms with Gasteiger partial charge in [-0.15, -0.1) is 5.10 Å². The monoisotopic (exact) mass is 315 g/mol. The number of tetrazole rings is 1. The fourth-order valence-corrected chi connectivity index (χ4v) is 2.28. The Kier molecular flexibility index (Phi) is 3.93. The Hall–Kier alpha value is -2.60. The number of halogens is 1. The molecule has 0 aliphatic carbocycles. The van der Waals surface area contributed by atoms with E-state index in [1.54, 1.807) is 23.9 Å². The van der Waals surface area contributed by atoms with Gasteiger partial charge in [0.2, 0.25) is 0 Å². The largest absolute Gasteiger partial charge is 0.495 e. The fourth-order valence-electron chi connectivity index (χ4n) is 2.15. The van der Waals surface area contributed by atoms with Gasteiger partial charge in [0.15, 0.2) is 5.82 Å². The van der Waals surface area contributed by atoms with Crippen LogP contribution in [0.1, 0.15) is 5.56 Å². The van der Waals surface area contributed by atoms with Crippen LogP contribution in [-0.2, 0) is 6.54 Å². The van der Waals surface area contributed by atoms with Crippen molar-refractivity contribution in [1.82, 2.24) is 20.2 Å². The van der Waals surface area contributed by atoms with E-state index < -0.39 is 0 Å². The Labute approximate surface area is 132 Å². The Balaban J connectivity index is 1.91. The molecule has 0 atom stereocenters. The molecule has 3 rings (SSSR count). The van der Waals surface area contributed by atoms with E-state index in [1.807, 2.05) is 30.3 Å². The maximum Gasteiger partial charge on any atom is 0.182 e. The molecule has 7 heteroatoms. The van der Waals surface area contributed by atoms with Gasteiger partial charge in [0, 0.05) is 10.6 Å². The zero-order valence-electron chi connectivity index (χ0n) is 11.9. The van der Waals surface area contributed by atoms with Crippen LogP contribution in [0.25, 0.3) is 11.4 Å². The van der Waals surface area contributed by atoms with Gasteiger partial charge in [0.25, 0.3) is 0 Å². The summed E-state index contributed by atoms with van der Waals surface area (Å²) in [7, 11) is 1.58. The van der Waals surface area contributed by atoms with Crippen LogP contribution in [-0.4, -0.2) is 27.3 Å². The lowest BCUT2D eigenvalue weighted by molar-refractivity contribution is 0.417. The predicted octanol–water partition coefficient (Wildman–Crippen LogP) is 2.63. The molecule has 22 heavy (non-hydrogen) atoms. The second kappa shape index (κ2) is 6.03. The number of nitrogens with zero attached hydrogens (tertiary/aromatic N) is 4. The second-order valence-corrected chi connectivity index (χ2v) is 5.18. The molecule has 0 fully saturated rings. The van der Waals surface area contributed by atoms with Gasteiger partial charge in [0.05, 0.1) is 19.3 Å². The maximum atomic E-state index is 5.94. The highest BCUT2D eigenvalue weighted by Gasteiger charge is 2.11. The molecule has 0 saturated heterocycles. The molecule has 0 bridgehead atoms. The van der Waals surface area contributed by atoms with E-state index in [1.165, 1.54) is 0 Å². The van der Waals surface area contributed by atoms with Crippen LogP contribution in [0.15, 0.2) is 42.5 Å². The first-order chi connectivity index (χ1) is 10.7. The van der Waals surface area contributed by atoms with Crippen molar-refractivity contribution in [2.24, 2.45) is 0 Å². The number of benzene rings is 2. The summed E-state index contributed by atoms with van der Waals surface area (Å²) >= 11 is 5.89. The predicted molar refractivity (Wildman–Crippen MR) is 84.8 cm³/mol. The Bertz CT molecular complexity index is 785. The van der Waals surface area contributed by atoms with Crippen molar-refractivity contribution < 1.29 is 4.74 Å². The van der Waals surface area contributed by atoms with Gasteiger partial charge in [-0.1, -0.05) is 23.7 Å². The normalized spacial score (nSPS) is 10.6. The first kappa shape index (κ1) is 14.3. The standard InChI is InChI=1S/C15H14ClN5O/c1-22-14-7-4-11(8-13(14)17)15-18-19-20-21(15)9-10-2-5-12(16)6-3-10/h2-8H,9,17H2,1H3. The Morgan fingerprint density at radius 3 is 2.64 bits per heavy atom. The molecule has 0 spiro atoms. The van der Waals surface area contributed by atoms with Gasteiger partial charge >= 0.3 is 0 Å². The third-order valence-corrected chi connectivity index (χ3v) is 3.52. The number of ether oxygens (including phenoxy) is 1. The van der Waals surface area contributed by atoms with E-state index in [4.69, 9.17) is 22.1 Å². The number of aromatic nitrogens is 4. The van der Waals surface area contributed by atoms with Crippen LogP contribution in [0.3, 0.4) is 0 Å². The highest BCUT2D eigenvalue weighted by Crippen LogP contribution is 2.27. The lowest BCUT2D eigenvalue weighted by Gasteiger charge is -2.08. The summed E-state index contributed by atoms with van der Waals surface area (Å²) < 4.78 is 6.87. The highest BCUT2D eigenvalue weighted by atomic mass is 35.5. The van der Waals surface area contributed by atoms with Crippen molar-refractivity contribution in [1.29, 1.82) is 0 Å².